The van der Waals surface area contributed by atoms with E-state index in [2.05, 4.69) is 28.6 Å². The van der Waals surface area contributed by atoms with E-state index in [4.69, 9.17) is 10.8 Å². The molecule has 0 radical (unpaired) electrons. The number of aliphatic hydroxyl groups excluding tert-OH is 1. The number of rotatable bonds is 14. The van der Waals surface area contributed by atoms with Crippen LogP contribution >= 0.6 is 24.4 Å². The summed E-state index contributed by atoms with van der Waals surface area (Å²) in [6.07, 6.45) is 2.13. The van der Waals surface area contributed by atoms with Gasteiger partial charge in [0, 0.05) is 5.75 Å². The van der Waals surface area contributed by atoms with Crippen LogP contribution in [0.3, 0.4) is 0 Å². The molecule has 0 fully saturated rings. The van der Waals surface area contributed by atoms with E-state index >= 15 is 0 Å². The van der Waals surface area contributed by atoms with Crippen LogP contribution in [0.4, 0.5) is 0 Å². The molecule has 0 saturated heterocycles. The lowest BCUT2D eigenvalue weighted by molar-refractivity contribution is -0.141. The van der Waals surface area contributed by atoms with Crippen LogP contribution < -0.4 is 21.7 Å². The highest BCUT2D eigenvalue weighted by Crippen LogP contribution is 2.11. The maximum absolute atomic E-state index is 12.6. The standard InChI is InChI=1S/C20H30N4O7S2/c1-33-7-6-14(18(28)24-16(10-32)20(30)31)22-19(29)15(9-25)23-17(27)13(21)8-11-2-4-12(26)5-3-11/h2-5,13-16,25-26,32H,6-10,21H2,1H3,(H,22,29)(H,23,27)(H,24,28)(H,30,31). The van der Waals surface area contributed by atoms with E-state index in [0.29, 0.717) is 11.3 Å². The molecule has 0 saturated carbocycles. The Balaban J connectivity index is 2.77. The molecule has 184 valence electrons. The number of nitrogens with two attached hydrogens (primary N) is 1. The van der Waals surface area contributed by atoms with Crippen molar-refractivity contribution < 1.29 is 34.5 Å². The number of carbonyl (C=O) groups excluding carboxylic acids is 3. The van der Waals surface area contributed by atoms with Crippen molar-refractivity contribution in [1.82, 2.24) is 16.0 Å². The zero-order chi connectivity index (χ0) is 25.0. The molecule has 0 aliphatic rings. The number of hydrogen-bond donors (Lipinski definition) is 8. The van der Waals surface area contributed by atoms with Gasteiger partial charge in [0.25, 0.3) is 0 Å². The van der Waals surface area contributed by atoms with Gasteiger partial charge in [0.15, 0.2) is 0 Å². The molecule has 3 amide bonds. The van der Waals surface area contributed by atoms with Crippen molar-refractivity contribution in [3.05, 3.63) is 29.8 Å². The number of phenolic OH excluding ortho intramolecular Hbond substituents is 1. The fourth-order valence-electron chi connectivity index (χ4n) is 2.69. The largest absolute Gasteiger partial charge is 0.508 e. The number of carboxylic acid groups (broad SMARTS) is 1. The normalized spacial score (nSPS) is 14.4. The number of thiol groups is 1. The minimum absolute atomic E-state index is 0.0675. The molecule has 0 heterocycles. The molecule has 0 aliphatic heterocycles. The number of aliphatic hydroxyl groups is 1. The lowest BCUT2D eigenvalue weighted by Crippen LogP contribution is -2.58. The number of aromatic hydroxyl groups is 1. The molecule has 0 aliphatic carbocycles. The Morgan fingerprint density at radius 3 is 2.06 bits per heavy atom. The number of benzene rings is 1. The van der Waals surface area contributed by atoms with Gasteiger partial charge in [-0.3, -0.25) is 14.4 Å². The van der Waals surface area contributed by atoms with Crippen molar-refractivity contribution in [2.45, 2.75) is 37.0 Å². The van der Waals surface area contributed by atoms with Crippen LogP contribution in [-0.4, -0.2) is 87.5 Å². The molecule has 0 spiro atoms. The first-order valence-electron chi connectivity index (χ1n) is 10.0. The van der Waals surface area contributed by atoms with Gasteiger partial charge in [-0.2, -0.15) is 24.4 Å². The molecule has 8 N–H and O–H groups in total. The van der Waals surface area contributed by atoms with Crippen molar-refractivity contribution >= 4 is 48.1 Å². The van der Waals surface area contributed by atoms with Gasteiger partial charge in [-0.05, 0) is 42.5 Å². The summed E-state index contributed by atoms with van der Waals surface area (Å²) in [5.41, 5.74) is 6.57. The second-order valence-electron chi connectivity index (χ2n) is 7.15. The number of thioether (sulfide) groups is 1. The Labute approximate surface area is 201 Å². The monoisotopic (exact) mass is 502 g/mol. The van der Waals surface area contributed by atoms with E-state index in [0.717, 1.165) is 0 Å². The lowest BCUT2D eigenvalue weighted by Gasteiger charge is -2.24. The van der Waals surface area contributed by atoms with Gasteiger partial charge >= 0.3 is 5.97 Å². The van der Waals surface area contributed by atoms with Crippen molar-refractivity contribution in [2.75, 3.05) is 24.4 Å². The topological polar surface area (TPSA) is 191 Å². The quantitative estimate of drug-likeness (QED) is 0.140. The fraction of sp³-hybridized carbons (Fsp3) is 0.500. The third kappa shape index (κ3) is 9.90. The van der Waals surface area contributed by atoms with Crippen LogP contribution in [0.5, 0.6) is 5.75 Å². The second kappa shape index (κ2) is 14.6. The summed E-state index contributed by atoms with van der Waals surface area (Å²) in [4.78, 5) is 48.7. The van der Waals surface area contributed by atoms with Crippen LogP contribution in [0.25, 0.3) is 0 Å². The molecule has 33 heavy (non-hydrogen) atoms. The van der Waals surface area contributed by atoms with Gasteiger partial charge in [-0.25, -0.2) is 4.79 Å². The average molecular weight is 503 g/mol. The fourth-order valence-corrected chi connectivity index (χ4v) is 3.41. The smallest absolute Gasteiger partial charge is 0.327 e. The molecule has 1 aromatic rings. The summed E-state index contributed by atoms with van der Waals surface area (Å²) in [5.74, 6) is -3.08. The van der Waals surface area contributed by atoms with Gasteiger partial charge in [-0.1, -0.05) is 12.1 Å². The first-order valence-corrected chi connectivity index (χ1v) is 12.0. The maximum atomic E-state index is 12.6. The zero-order valence-electron chi connectivity index (χ0n) is 18.1. The number of amides is 3. The first kappa shape index (κ1) is 28.6. The van der Waals surface area contributed by atoms with Crippen LogP contribution in [0.2, 0.25) is 0 Å². The number of carboxylic acids is 1. The molecular formula is C20H30N4O7S2. The molecule has 4 atom stereocenters. The summed E-state index contributed by atoms with van der Waals surface area (Å²) in [6, 6.07) is 1.39. The van der Waals surface area contributed by atoms with Gasteiger partial charge < -0.3 is 37.0 Å². The minimum Gasteiger partial charge on any atom is -0.508 e. The molecule has 1 aromatic carbocycles. The Bertz CT molecular complexity index is 810. The summed E-state index contributed by atoms with van der Waals surface area (Å²) in [7, 11) is 0. The Morgan fingerprint density at radius 2 is 1.55 bits per heavy atom. The predicted octanol–water partition coefficient (Wildman–Crippen LogP) is -1.52. The maximum Gasteiger partial charge on any atom is 0.327 e. The minimum atomic E-state index is -1.37. The molecule has 13 heteroatoms. The van der Waals surface area contributed by atoms with Crippen LogP contribution in [-0.2, 0) is 25.6 Å². The van der Waals surface area contributed by atoms with E-state index in [1.54, 1.807) is 18.4 Å². The van der Waals surface area contributed by atoms with Gasteiger partial charge in [0.2, 0.25) is 17.7 Å². The predicted molar refractivity (Wildman–Crippen MR) is 127 cm³/mol. The van der Waals surface area contributed by atoms with E-state index in [1.807, 2.05) is 0 Å². The molecule has 0 bridgehead atoms. The van der Waals surface area contributed by atoms with E-state index in [9.17, 15) is 29.4 Å². The molecule has 0 aromatic heterocycles. The molecule has 4 unspecified atom stereocenters. The molecule has 1 rings (SSSR count). The highest BCUT2D eigenvalue weighted by molar-refractivity contribution is 7.98. The Hall–Kier alpha value is -2.48. The third-order valence-corrected chi connectivity index (χ3v) is 5.59. The van der Waals surface area contributed by atoms with Crippen LogP contribution in [0.1, 0.15) is 12.0 Å². The Kier molecular flexibility index (Phi) is 12.7. The van der Waals surface area contributed by atoms with E-state index in [-0.39, 0.29) is 24.3 Å². The van der Waals surface area contributed by atoms with Crippen LogP contribution in [0, 0.1) is 0 Å². The summed E-state index contributed by atoms with van der Waals surface area (Å²) >= 11 is 5.31. The van der Waals surface area contributed by atoms with E-state index < -0.39 is 54.5 Å². The Morgan fingerprint density at radius 1 is 1.00 bits per heavy atom. The summed E-state index contributed by atoms with van der Waals surface area (Å²) in [5, 5.41) is 35.1. The SMILES string of the molecule is CSCCC(NC(=O)C(CO)NC(=O)C(N)Cc1ccc(O)cc1)C(=O)NC(CS)C(=O)O. The zero-order valence-corrected chi connectivity index (χ0v) is 19.8. The number of hydrogen-bond acceptors (Lipinski definition) is 9. The van der Waals surface area contributed by atoms with Gasteiger partial charge in [0.1, 0.15) is 23.9 Å². The number of phenols is 1. The first-order chi connectivity index (χ1) is 15.6. The van der Waals surface area contributed by atoms with Gasteiger partial charge in [-0.15, -0.1) is 0 Å². The summed E-state index contributed by atoms with van der Waals surface area (Å²) < 4.78 is 0. The summed E-state index contributed by atoms with van der Waals surface area (Å²) in [6.45, 7) is -0.741. The lowest BCUT2D eigenvalue weighted by atomic mass is 10.1. The van der Waals surface area contributed by atoms with Gasteiger partial charge in [0.05, 0.1) is 12.6 Å². The van der Waals surface area contributed by atoms with Crippen molar-refractivity contribution in [3.63, 3.8) is 0 Å². The highest BCUT2D eigenvalue weighted by atomic mass is 32.2. The van der Waals surface area contributed by atoms with Crippen molar-refractivity contribution in [2.24, 2.45) is 5.73 Å². The number of carbonyl (C=O) groups is 4. The molecular weight excluding hydrogens is 472 g/mol. The van der Waals surface area contributed by atoms with Crippen molar-refractivity contribution in [1.29, 1.82) is 0 Å². The van der Waals surface area contributed by atoms with Crippen molar-refractivity contribution in [3.8, 4) is 5.75 Å². The highest BCUT2D eigenvalue weighted by Gasteiger charge is 2.29. The van der Waals surface area contributed by atoms with Crippen LogP contribution in [0.15, 0.2) is 24.3 Å². The van der Waals surface area contributed by atoms with E-state index in [1.165, 1.54) is 23.9 Å². The second-order valence-corrected chi connectivity index (χ2v) is 8.50. The molecule has 11 nitrogen and oxygen atoms in total. The average Bonchev–Trinajstić information content (AvgIpc) is 2.79. The number of aliphatic carboxylic acids is 1. The third-order valence-electron chi connectivity index (χ3n) is 4.59. The number of nitrogens with one attached hydrogen (secondary N) is 3.